The van der Waals surface area contributed by atoms with E-state index in [1.54, 1.807) is 31.3 Å². The van der Waals surface area contributed by atoms with Crippen molar-refractivity contribution in [3.05, 3.63) is 65.5 Å². The molecule has 0 spiro atoms. The monoisotopic (exact) mass is 298 g/mol. The molecule has 0 aliphatic rings. The lowest BCUT2D eigenvalue weighted by atomic mass is 10.0. The summed E-state index contributed by atoms with van der Waals surface area (Å²) in [5, 5.41) is 0. The molecule has 1 amide bonds. The molecule has 0 saturated heterocycles. The Morgan fingerprint density at radius 2 is 1.82 bits per heavy atom. The van der Waals surface area contributed by atoms with Gasteiger partial charge in [-0.2, -0.15) is 0 Å². The fraction of sp³-hybridized carbons (Fsp3) is 0.235. The Bertz CT molecular complexity index is 653. The standard InChI is InChI=1S/C17H18N2O3/c1-12-9-10-14(11-18-12)16(20)19(2)15(17(21)22-3)13-7-5-4-6-8-13/h4-11,15H,1-3H3/t15-/m1/s1. The van der Waals surface area contributed by atoms with Gasteiger partial charge >= 0.3 is 5.97 Å². The molecule has 0 aliphatic carbocycles. The summed E-state index contributed by atoms with van der Waals surface area (Å²) in [4.78, 5) is 30.2. The second-order valence-corrected chi connectivity index (χ2v) is 4.94. The molecule has 1 aromatic carbocycles. The number of benzene rings is 1. The maximum Gasteiger partial charge on any atom is 0.333 e. The van der Waals surface area contributed by atoms with Gasteiger partial charge in [0.2, 0.25) is 0 Å². The highest BCUT2D eigenvalue weighted by molar-refractivity contribution is 5.96. The lowest BCUT2D eigenvalue weighted by molar-refractivity contribution is -0.145. The van der Waals surface area contributed by atoms with Gasteiger partial charge in [0, 0.05) is 18.9 Å². The summed E-state index contributed by atoms with van der Waals surface area (Å²) in [7, 11) is 2.89. The minimum atomic E-state index is -0.792. The van der Waals surface area contributed by atoms with Crippen LogP contribution in [0.3, 0.4) is 0 Å². The van der Waals surface area contributed by atoms with E-state index >= 15 is 0 Å². The zero-order valence-corrected chi connectivity index (χ0v) is 12.8. The number of amides is 1. The van der Waals surface area contributed by atoms with Gasteiger partial charge in [-0.3, -0.25) is 9.78 Å². The first-order chi connectivity index (χ1) is 10.5. The van der Waals surface area contributed by atoms with E-state index in [0.717, 1.165) is 5.69 Å². The van der Waals surface area contributed by atoms with Crippen molar-refractivity contribution in [2.24, 2.45) is 0 Å². The summed E-state index contributed by atoms with van der Waals surface area (Å²) in [5.41, 5.74) is 1.95. The van der Waals surface area contributed by atoms with Crippen LogP contribution in [0.1, 0.15) is 27.7 Å². The number of carbonyl (C=O) groups excluding carboxylic acids is 2. The smallest absolute Gasteiger partial charge is 0.333 e. The number of aryl methyl sites for hydroxylation is 1. The van der Waals surface area contributed by atoms with Crippen molar-refractivity contribution in [3.8, 4) is 0 Å². The van der Waals surface area contributed by atoms with Crippen molar-refractivity contribution < 1.29 is 14.3 Å². The molecule has 0 fully saturated rings. The number of hydrogen-bond donors (Lipinski definition) is 0. The van der Waals surface area contributed by atoms with Crippen LogP contribution in [0, 0.1) is 6.92 Å². The van der Waals surface area contributed by atoms with Crippen LogP contribution in [-0.2, 0) is 9.53 Å². The lowest BCUT2D eigenvalue weighted by Crippen LogP contribution is -2.36. The van der Waals surface area contributed by atoms with Crippen LogP contribution >= 0.6 is 0 Å². The van der Waals surface area contributed by atoms with Gasteiger partial charge < -0.3 is 9.64 Å². The Hall–Kier alpha value is -2.69. The van der Waals surface area contributed by atoms with E-state index in [1.165, 1.54) is 18.2 Å². The number of likely N-dealkylation sites (N-methyl/N-ethyl adjacent to an activating group) is 1. The number of esters is 1. The molecule has 0 radical (unpaired) electrons. The maximum atomic E-state index is 12.6. The van der Waals surface area contributed by atoms with E-state index in [9.17, 15) is 9.59 Å². The number of pyridine rings is 1. The predicted octanol–water partition coefficient (Wildman–Crippen LogP) is 2.38. The van der Waals surface area contributed by atoms with Crippen LogP contribution in [0.5, 0.6) is 0 Å². The first-order valence-corrected chi connectivity index (χ1v) is 6.87. The Morgan fingerprint density at radius 3 is 2.36 bits per heavy atom. The van der Waals surface area contributed by atoms with Crippen molar-refractivity contribution in [2.45, 2.75) is 13.0 Å². The quantitative estimate of drug-likeness (QED) is 0.813. The van der Waals surface area contributed by atoms with Gasteiger partial charge in [-0.05, 0) is 24.6 Å². The summed E-state index contributed by atoms with van der Waals surface area (Å²) in [5.74, 6) is -0.770. The third-order valence-corrected chi connectivity index (χ3v) is 3.41. The molecule has 22 heavy (non-hydrogen) atoms. The molecule has 5 heteroatoms. The third-order valence-electron chi connectivity index (χ3n) is 3.41. The van der Waals surface area contributed by atoms with E-state index < -0.39 is 12.0 Å². The van der Waals surface area contributed by atoms with Crippen LogP contribution in [0.25, 0.3) is 0 Å². The summed E-state index contributed by atoms with van der Waals surface area (Å²) >= 11 is 0. The van der Waals surface area contributed by atoms with Gasteiger partial charge in [0.1, 0.15) is 0 Å². The Balaban J connectivity index is 2.33. The number of rotatable bonds is 4. The second kappa shape index (κ2) is 6.85. The molecule has 0 unspecified atom stereocenters. The molecule has 5 nitrogen and oxygen atoms in total. The molecule has 114 valence electrons. The molecule has 0 saturated carbocycles. The number of aromatic nitrogens is 1. The van der Waals surface area contributed by atoms with Crippen molar-refractivity contribution in [1.82, 2.24) is 9.88 Å². The first-order valence-electron chi connectivity index (χ1n) is 6.87. The van der Waals surface area contributed by atoms with E-state index in [4.69, 9.17) is 4.74 Å². The SMILES string of the molecule is COC(=O)[C@@H](c1ccccc1)N(C)C(=O)c1ccc(C)nc1. The fourth-order valence-electron chi connectivity index (χ4n) is 2.18. The molecule has 0 aliphatic heterocycles. The number of hydrogen-bond acceptors (Lipinski definition) is 4. The number of methoxy groups -OCH3 is 1. The number of ether oxygens (including phenoxy) is 1. The van der Waals surface area contributed by atoms with E-state index in [-0.39, 0.29) is 5.91 Å². The topological polar surface area (TPSA) is 59.5 Å². The number of nitrogens with zero attached hydrogens (tertiary/aromatic N) is 2. The zero-order chi connectivity index (χ0) is 16.1. The number of carbonyl (C=O) groups is 2. The molecule has 1 atom stereocenters. The van der Waals surface area contributed by atoms with Gasteiger partial charge in [0.05, 0.1) is 12.7 Å². The van der Waals surface area contributed by atoms with Crippen molar-refractivity contribution in [3.63, 3.8) is 0 Å². The molecule has 0 bridgehead atoms. The Kier molecular flexibility index (Phi) is 4.88. The highest BCUT2D eigenvalue weighted by Gasteiger charge is 2.30. The molecule has 2 aromatic rings. The van der Waals surface area contributed by atoms with Crippen LogP contribution < -0.4 is 0 Å². The summed E-state index contributed by atoms with van der Waals surface area (Å²) in [6.07, 6.45) is 1.51. The molecule has 0 N–H and O–H groups in total. The van der Waals surface area contributed by atoms with Crippen molar-refractivity contribution in [2.75, 3.05) is 14.2 Å². The van der Waals surface area contributed by atoms with Crippen molar-refractivity contribution in [1.29, 1.82) is 0 Å². The second-order valence-electron chi connectivity index (χ2n) is 4.94. The first kappa shape index (κ1) is 15.7. The summed E-state index contributed by atoms with van der Waals surface area (Å²) < 4.78 is 4.84. The molecule has 2 rings (SSSR count). The average Bonchev–Trinajstić information content (AvgIpc) is 2.55. The highest BCUT2D eigenvalue weighted by Crippen LogP contribution is 2.22. The highest BCUT2D eigenvalue weighted by atomic mass is 16.5. The van der Waals surface area contributed by atoms with E-state index in [2.05, 4.69) is 4.98 Å². The van der Waals surface area contributed by atoms with Crippen LogP contribution in [0.15, 0.2) is 48.7 Å². The van der Waals surface area contributed by atoms with Crippen LogP contribution in [-0.4, -0.2) is 35.9 Å². The summed E-state index contributed by atoms with van der Waals surface area (Å²) in [6, 6.07) is 11.7. The van der Waals surface area contributed by atoms with Crippen LogP contribution in [0.2, 0.25) is 0 Å². The van der Waals surface area contributed by atoms with Gasteiger partial charge in [0.15, 0.2) is 6.04 Å². The van der Waals surface area contributed by atoms with Gasteiger partial charge in [0.25, 0.3) is 5.91 Å². The Labute approximate surface area is 129 Å². The largest absolute Gasteiger partial charge is 0.467 e. The molecule has 1 aromatic heterocycles. The zero-order valence-electron chi connectivity index (χ0n) is 12.8. The van der Waals surface area contributed by atoms with E-state index in [0.29, 0.717) is 11.1 Å². The Morgan fingerprint density at radius 1 is 1.14 bits per heavy atom. The molecular weight excluding hydrogens is 280 g/mol. The lowest BCUT2D eigenvalue weighted by Gasteiger charge is -2.26. The average molecular weight is 298 g/mol. The summed E-state index contributed by atoms with van der Waals surface area (Å²) in [6.45, 7) is 1.85. The van der Waals surface area contributed by atoms with Gasteiger partial charge in [-0.15, -0.1) is 0 Å². The van der Waals surface area contributed by atoms with Crippen molar-refractivity contribution >= 4 is 11.9 Å². The molecule has 1 heterocycles. The van der Waals surface area contributed by atoms with E-state index in [1.807, 2.05) is 25.1 Å². The van der Waals surface area contributed by atoms with Crippen LogP contribution in [0.4, 0.5) is 0 Å². The minimum absolute atomic E-state index is 0.285. The predicted molar refractivity (Wildman–Crippen MR) is 82.3 cm³/mol. The van der Waals surface area contributed by atoms with Gasteiger partial charge in [-0.25, -0.2) is 4.79 Å². The maximum absolute atomic E-state index is 12.6. The minimum Gasteiger partial charge on any atom is -0.467 e. The normalized spacial score (nSPS) is 11.6. The third kappa shape index (κ3) is 3.31. The van der Waals surface area contributed by atoms with Gasteiger partial charge in [-0.1, -0.05) is 30.3 Å². The molecular formula is C17H18N2O3. The fourth-order valence-corrected chi connectivity index (χ4v) is 2.18.